The van der Waals surface area contributed by atoms with Gasteiger partial charge in [-0.25, -0.2) is 4.79 Å². The van der Waals surface area contributed by atoms with Gasteiger partial charge in [0, 0.05) is 6.08 Å². The lowest BCUT2D eigenvalue weighted by Crippen LogP contribution is -2.07. The summed E-state index contributed by atoms with van der Waals surface area (Å²) in [6.07, 6.45) is 10.7. The van der Waals surface area contributed by atoms with E-state index in [1.165, 1.54) is 5.57 Å². The average molecular weight is 308 g/mol. The van der Waals surface area contributed by atoms with Crippen LogP contribution in [0.1, 0.15) is 73.1 Å². The van der Waals surface area contributed by atoms with E-state index in [0.29, 0.717) is 12.7 Å². The number of ether oxygens (including phenoxy) is 2. The molecule has 0 N–H and O–H groups in total. The molecule has 0 saturated carbocycles. The lowest BCUT2D eigenvalue weighted by Gasteiger charge is -2.06. The minimum atomic E-state index is -0.232. The molecule has 0 aromatic rings. The van der Waals surface area contributed by atoms with Gasteiger partial charge in [-0.3, -0.25) is 0 Å². The number of rotatable bonds is 10. The molecule has 0 aromatic heterocycles. The number of carbonyl (C=O) groups is 1. The summed E-state index contributed by atoms with van der Waals surface area (Å²) in [6, 6.07) is 0. The molecule has 3 heteroatoms. The molecule has 0 aromatic carbocycles. The number of allylic oxidation sites excluding steroid dienone is 3. The van der Waals surface area contributed by atoms with Gasteiger partial charge in [0.15, 0.2) is 0 Å². The van der Waals surface area contributed by atoms with Crippen molar-refractivity contribution in [1.82, 2.24) is 0 Å². The Morgan fingerprint density at radius 2 is 2.00 bits per heavy atom. The average Bonchev–Trinajstić information content (AvgIpc) is 3.14. The largest absolute Gasteiger partial charge is 0.463 e. The van der Waals surface area contributed by atoms with E-state index in [-0.39, 0.29) is 11.6 Å². The smallest absolute Gasteiger partial charge is 0.330 e. The second-order valence-electron chi connectivity index (χ2n) is 6.31. The van der Waals surface area contributed by atoms with Gasteiger partial charge in [-0.15, -0.1) is 0 Å². The zero-order chi connectivity index (χ0) is 16.6. The number of epoxide rings is 1. The predicted octanol–water partition coefficient (Wildman–Crippen LogP) is 4.96. The van der Waals surface area contributed by atoms with Gasteiger partial charge in [0.2, 0.25) is 0 Å². The summed E-state index contributed by atoms with van der Waals surface area (Å²) in [5.74, 6) is -0.232. The van der Waals surface area contributed by atoms with E-state index >= 15 is 0 Å². The fourth-order valence-corrected chi connectivity index (χ4v) is 2.67. The van der Waals surface area contributed by atoms with Gasteiger partial charge in [-0.1, -0.05) is 31.1 Å². The molecule has 1 aliphatic heterocycles. The Hall–Kier alpha value is -1.09. The summed E-state index contributed by atoms with van der Waals surface area (Å²) in [6.45, 7) is 10.8. The van der Waals surface area contributed by atoms with E-state index in [9.17, 15) is 4.79 Å². The molecular weight excluding hydrogens is 276 g/mol. The molecule has 1 saturated heterocycles. The van der Waals surface area contributed by atoms with Crippen LogP contribution in [0.4, 0.5) is 0 Å². The van der Waals surface area contributed by atoms with Crippen LogP contribution >= 0.6 is 0 Å². The minimum absolute atomic E-state index is 0.137. The van der Waals surface area contributed by atoms with Crippen molar-refractivity contribution >= 4 is 5.97 Å². The van der Waals surface area contributed by atoms with Crippen LogP contribution in [0.15, 0.2) is 23.3 Å². The Labute approximate surface area is 135 Å². The number of hydrogen-bond donors (Lipinski definition) is 0. The number of hydrogen-bond acceptors (Lipinski definition) is 3. The molecule has 0 amide bonds. The standard InChI is InChI=1S/C19H32O3/c1-6-16(12-13-17-19(5,7-2)22-17)11-9-10-15(4)14-18(20)21-8-3/h11,14,17H,6-10,12-13H2,1-5H3. The van der Waals surface area contributed by atoms with E-state index in [1.807, 2.05) is 13.8 Å². The Morgan fingerprint density at radius 3 is 2.55 bits per heavy atom. The molecule has 1 rings (SSSR count). The first-order chi connectivity index (χ1) is 10.4. The fourth-order valence-electron chi connectivity index (χ4n) is 2.67. The van der Waals surface area contributed by atoms with E-state index < -0.39 is 0 Å². The highest BCUT2D eigenvalue weighted by molar-refractivity contribution is 5.82. The van der Waals surface area contributed by atoms with Crippen molar-refractivity contribution in [2.45, 2.75) is 84.8 Å². The van der Waals surface area contributed by atoms with Crippen LogP contribution in [0, 0.1) is 0 Å². The van der Waals surface area contributed by atoms with E-state index in [4.69, 9.17) is 9.47 Å². The molecule has 0 radical (unpaired) electrons. The van der Waals surface area contributed by atoms with Crippen molar-refractivity contribution in [1.29, 1.82) is 0 Å². The van der Waals surface area contributed by atoms with Crippen LogP contribution in [0.2, 0.25) is 0 Å². The van der Waals surface area contributed by atoms with Gasteiger partial charge in [0.1, 0.15) is 0 Å². The van der Waals surface area contributed by atoms with Crippen LogP contribution < -0.4 is 0 Å². The first-order valence-corrected chi connectivity index (χ1v) is 8.64. The third kappa shape index (κ3) is 6.35. The molecule has 1 fully saturated rings. The SMILES string of the molecule is CCOC(=O)C=C(C)CCC=C(CC)CCC1OC1(C)CC. The molecule has 3 nitrogen and oxygen atoms in total. The molecule has 0 bridgehead atoms. The Kier molecular flexibility index (Phi) is 7.88. The molecule has 0 aliphatic carbocycles. The first-order valence-electron chi connectivity index (χ1n) is 8.64. The van der Waals surface area contributed by atoms with E-state index in [1.54, 1.807) is 6.08 Å². The second-order valence-corrected chi connectivity index (χ2v) is 6.31. The zero-order valence-electron chi connectivity index (χ0n) is 14.9. The molecule has 22 heavy (non-hydrogen) atoms. The summed E-state index contributed by atoms with van der Waals surface area (Å²) in [5, 5.41) is 0. The summed E-state index contributed by atoms with van der Waals surface area (Å²) in [5.41, 5.74) is 2.71. The lowest BCUT2D eigenvalue weighted by atomic mass is 9.97. The lowest BCUT2D eigenvalue weighted by molar-refractivity contribution is -0.137. The second kappa shape index (κ2) is 9.14. The van der Waals surface area contributed by atoms with Crippen molar-refractivity contribution in [3.8, 4) is 0 Å². The normalized spacial score (nSPS) is 25.2. The van der Waals surface area contributed by atoms with Gasteiger partial charge in [-0.2, -0.15) is 0 Å². The number of esters is 1. The molecule has 0 spiro atoms. The maximum absolute atomic E-state index is 11.4. The Balaban J connectivity index is 2.32. The van der Waals surface area contributed by atoms with Gasteiger partial charge < -0.3 is 9.47 Å². The van der Waals surface area contributed by atoms with Crippen LogP contribution in [-0.2, 0) is 14.3 Å². The van der Waals surface area contributed by atoms with Crippen LogP contribution in [0.5, 0.6) is 0 Å². The van der Waals surface area contributed by atoms with Gasteiger partial charge in [0.25, 0.3) is 0 Å². The molecular formula is C19H32O3. The minimum Gasteiger partial charge on any atom is -0.463 e. The fraction of sp³-hybridized carbons (Fsp3) is 0.737. The summed E-state index contributed by atoms with van der Waals surface area (Å²) in [7, 11) is 0. The highest BCUT2D eigenvalue weighted by Crippen LogP contribution is 2.42. The molecule has 2 atom stereocenters. The molecule has 2 unspecified atom stereocenters. The maximum Gasteiger partial charge on any atom is 0.330 e. The quantitative estimate of drug-likeness (QED) is 0.248. The third-order valence-corrected chi connectivity index (χ3v) is 4.54. The van der Waals surface area contributed by atoms with Crippen molar-refractivity contribution in [3.63, 3.8) is 0 Å². The molecule has 1 aliphatic rings. The van der Waals surface area contributed by atoms with E-state index in [2.05, 4.69) is 26.8 Å². The van der Waals surface area contributed by atoms with Gasteiger partial charge in [-0.05, 0) is 59.3 Å². The Bertz CT molecular complexity index is 422. The topological polar surface area (TPSA) is 38.8 Å². The monoisotopic (exact) mass is 308 g/mol. The van der Waals surface area contributed by atoms with Crippen LogP contribution in [0.3, 0.4) is 0 Å². The Morgan fingerprint density at radius 1 is 1.27 bits per heavy atom. The summed E-state index contributed by atoms with van der Waals surface area (Å²) in [4.78, 5) is 11.4. The van der Waals surface area contributed by atoms with Gasteiger partial charge in [0.05, 0.1) is 18.3 Å². The first kappa shape index (κ1) is 19.0. The van der Waals surface area contributed by atoms with Crippen molar-refractivity contribution in [2.24, 2.45) is 0 Å². The van der Waals surface area contributed by atoms with Crippen molar-refractivity contribution in [3.05, 3.63) is 23.3 Å². The zero-order valence-corrected chi connectivity index (χ0v) is 14.9. The number of carbonyl (C=O) groups excluding carboxylic acids is 1. The van der Waals surface area contributed by atoms with Gasteiger partial charge >= 0.3 is 5.97 Å². The molecule has 126 valence electrons. The maximum atomic E-state index is 11.4. The van der Waals surface area contributed by atoms with Crippen LogP contribution in [-0.4, -0.2) is 24.3 Å². The van der Waals surface area contributed by atoms with Crippen molar-refractivity contribution in [2.75, 3.05) is 6.61 Å². The highest BCUT2D eigenvalue weighted by Gasteiger charge is 2.49. The van der Waals surface area contributed by atoms with Crippen LogP contribution in [0.25, 0.3) is 0 Å². The summed E-state index contributed by atoms with van der Waals surface area (Å²) >= 11 is 0. The molecule has 1 heterocycles. The van der Waals surface area contributed by atoms with E-state index in [0.717, 1.165) is 44.1 Å². The highest BCUT2D eigenvalue weighted by atomic mass is 16.6. The third-order valence-electron chi connectivity index (χ3n) is 4.54. The van der Waals surface area contributed by atoms with Crippen molar-refractivity contribution < 1.29 is 14.3 Å². The predicted molar refractivity (Wildman–Crippen MR) is 90.8 cm³/mol. The summed E-state index contributed by atoms with van der Waals surface area (Å²) < 4.78 is 10.7.